The average Bonchev–Trinajstić information content (AvgIpc) is 3.97. The molecule has 5 heteroatoms. The second-order valence-electron chi connectivity index (χ2n) is 14.6. The summed E-state index contributed by atoms with van der Waals surface area (Å²) in [5, 5.41) is 7.30. The van der Waals surface area contributed by atoms with Crippen LogP contribution in [0.5, 0.6) is 0 Å². The van der Waals surface area contributed by atoms with Crippen molar-refractivity contribution in [2.24, 2.45) is 0 Å². The van der Waals surface area contributed by atoms with Crippen LogP contribution < -0.4 is 0 Å². The van der Waals surface area contributed by atoms with E-state index in [1.54, 1.807) is 11.3 Å². The average molecular weight is 745 g/mol. The summed E-state index contributed by atoms with van der Waals surface area (Å²) >= 11 is 1.75. The van der Waals surface area contributed by atoms with Crippen molar-refractivity contribution >= 4 is 75.9 Å². The largest absolute Gasteiger partial charge is 0.309 e. The van der Waals surface area contributed by atoms with E-state index in [-0.39, 0.29) is 0 Å². The zero-order chi connectivity index (χ0) is 37.5. The van der Waals surface area contributed by atoms with Crippen molar-refractivity contribution in [3.05, 3.63) is 194 Å². The van der Waals surface area contributed by atoms with E-state index >= 15 is 0 Å². The van der Waals surface area contributed by atoms with E-state index in [1.165, 1.54) is 53.8 Å². The van der Waals surface area contributed by atoms with Crippen LogP contribution >= 0.6 is 11.3 Å². The molecule has 4 aromatic heterocycles. The number of hydrogen-bond acceptors (Lipinski definition) is 3. The smallest absolute Gasteiger partial charge is 0.235 e. The van der Waals surface area contributed by atoms with Gasteiger partial charge >= 0.3 is 0 Å². The van der Waals surface area contributed by atoms with Crippen LogP contribution in [0, 0.1) is 0 Å². The maximum absolute atomic E-state index is 5.48. The quantitative estimate of drug-likeness (QED) is 0.176. The summed E-state index contributed by atoms with van der Waals surface area (Å²) in [4.78, 5) is 12.1. The highest BCUT2D eigenvalue weighted by Gasteiger charge is 2.22. The fourth-order valence-electron chi connectivity index (χ4n) is 8.83. The summed E-state index contributed by atoms with van der Waals surface area (Å²) in [6.07, 6.45) is 0. The molecule has 0 atom stereocenters. The monoisotopic (exact) mass is 744 g/mol. The van der Waals surface area contributed by atoms with Gasteiger partial charge in [-0.05, 0) is 64.4 Å². The van der Waals surface area contributed by atoms with E-state index in [1.807, 2.05) is 0 Å². The van der Waals surface area contributed by atoms with Crippen molar-refractivity contribution in [2.75, 3.05) is 0 Å². The van der Waals surface area contributed by atoms with Crippen molar-refractivity contribution in [3.63, 3.8) is 0 Å². The van der Waals surface area contributed by atoms with Gasteiger partial charge in [0.05, 0.1) is 38.0 Å². The van der Waals surface area contributed by atoms with E-state index < -0.39 is 0 Å². The van der Waals surface area contributed by atoms with Crippen LogP contribution in [0.15, 0.2) is 194 Å². The molecule has 0 bridgehead atoms. The number of benzene rings is 8. The van der Waals surface area contributed by atoms with Crippen LogP contribution in [0.3, 0.4) is 0 Å². The van der Waals surface area contributed by atoms with Crippen LogP contribution in [-0.2, 0) is 0 Å². The Morgan fingerprint density at radius 1 is 0.421 bits per heavy atom. The Bertz CT molecular complexity index is 3510. The zero-order valence-corrected chi connectivity index (χ0v) is 31.5. The molecule has 0 spiro atoms. The Morgan fingerprint density at radius 3 is 1.91 bits per heavy atom. The molecule has 0 radical (unpaired) electrons. The minimum Gasteiger partial charge on any atom is -0.309 e. The summed E-state index contributed by atoms with van der Waals surface area (Å²) < 4.78 is 5.77. The lowest BCUT2D eigenvalue weighted by molar-refractivity contribution is 1.02. The molecule has 0 N–H and O–H groups in total. The van der Waals surface area contributed by atoms with E-state index in [4.69, 9.17) is 9.97 Å². The predicted octanol–water partition coefficient (Wildman–Crippen LogP) is 14.0. The van der Waals surface area contributed by atoms with Crippen molar-refractivity contribution < 1.29 is 0 Å². The molecular weight excluding hydrogens is 713 g/mol. The number of para-hydroxylation sites is 3. The molecule has 57 heavy (non-hydrogen) atoms. The molecule has 12 aromatic rings. The molecular formula is C52H32N4S. The van der Waals surface area contributed by atoms with Crippen molar-refractivity contribution in [3.8, 4) is 44.5 Å². The van der Waals surface area contributed by atoms with Gasteiger partial charge in [0.2, 0.25) is 5.95 Å². The number of fused-ring (bicyclic) bond motifs is 9. The third-order valence-corrected chi connectivity index (χ3v) is 12.5. The van der Waals surface area contributed by atoms with Gasteiger partial charge in [0.25, 0.3) is 0 Å². The van der Waals surface area contributed by atoms with Crippen LogP contribution in [-0.4, -0.2) is 19.1 Å². The summed E-state index contributed by atoms with van der Waals surface area (Å²) in [7, 11) is 0. The molecule has 8 aromatic carbocycles. The first-order chi connectivity index (χ1) is 28.3. The molecule has 0 aliphatic rings. The second-order valence-corrected chi connectivity index (χ2v) is 15.6. The van der Waals surface area contributed by atoms with Crippen LogP contribution in [0.1, 0.15) is 0 Å². The molecule has 0 aliphatic carbocycles. The number of nitrogens with zero attached hydrogens (tertiary/aromatic N) is 4. The van der Waals surface area contributed by atoms with E-state index in [0.717, 1.165) is 49.3 Å². The minimum absolute atomic E-state index is 0.658. The van der Waals surface area contributed by atoms with E-state index in [0.29, 0.717) is 5.95 Å². The Hall–Kier alpha value is -7.34. The maximum atomic E-state index is 5.48. The normalized spacial score (nSPS) is 11.9. The molecule has 4 nitrogen and oxygen atoms in total. The van der Waals surface area contributed by atoms with Gasteiger partial charge < -0.3 is 4.57 Å². The Morgan fingerprint density at radius 2 is 1.09 bits per heavy atom. The van der Waals surface area contributed by atoms with E-state index in [9.17, 15) is 0 Å². The molecule has 0 saturated heterocycles. The lowest BCUT2D eigenvalue weighted by atomic mass is 9.98. The number of hydrogen-bond donors (Lipinski definition) is 0. The van der Waals surface area contributed by atoms with Crippen molar-refractivity contribution in [1.82, 2.24) is 19.1 Å². The Labute approximate surface area is 332 Å². The molecule has 12 rings (SSSR count). The first-order valence-corrected chi connectivity index (χ1v) is 20.1. The highest BCUT2D eigenvalue weighted by atomic mass is 32.1. The lowest BCUT2D eigenvalue weighted by Crippen LogP contribution is -2.03. The van der Waals surface area contributed by atoms with Gasteiger partial charge in [-0.2, -0.15) is 0 Å². The molecule has 0 unspecified atom stereocenters. The highest BCUT2D eigenvalue weighted by molar-refractivity contribution is 7.22. The fourth-order valence-corrected chi connectivity index (χ4v) is 9.94. The molecule has 0 aliphatic heterocycles. The third-order valence-electron chi connectivity index (χ3n) is 11.3. The molecule has 0 fully saturated rings. The standard InChI is InChI=1S/C52H32N4S/c1-4-16-34(17-5-1)47-32-43-51(57-47)49(35-18-6-2-7-19-35)54-52(53-43)56-44-26-13-12-23-40(44)41-25-14-24-39(50(41)56)36-28-29-45-42(31-36)48-38-22-11-10-15-33(38)27-30-46(48)55(45)37-20-8-3-9-21-37/h1-32H. The first-order valence-electron chi connectivity index (χ1n) is 19.3. The molecule has 0 saturated carbocycles. The van der Waals surface area contributed by atoms with Gasteiger partial charge in [0, 0.05) is 43.2 Å². The van der Waals surface area contributed by atoms with Gasteiger partial charge in [-0.3, -0.25) is 4.57 Å². The Balaban J connectivity index is 1.16. The SMILES string of the molecule is c1ccc(-c2cc3nc(-n4c5ccccc5c5cccc(-c6ccc7c(c6)c6c8ccccc8ccc6n7-c6ccccc6)c54)nc(-c4ccccc4)c3s2)cc1. The Kier molecular flexibility index (Phi) is 7.06. The topological polar surface area (TPSA) is 35.6 Å². The van der Waals surface area contributed by atoms with Gasteiger partial charge in [0.1, 0.15) is 0 Å². The second kappa shape index (κ2) is 12.6. The van der Waals surface area contributed by atoms with Crippen LogP contribution in [0.2, 0.25) is 0 Å². The zero-order valence-electron chi connectivity index (χ0n) is 30.7. The van der Waals surface area contributed by atoms with E-state index in [2.05, 4.69) is 203 Å². The van der Waals surface area contributed by atoms with Crippen LogP contribution in [0.25, 0.3) is 109 Å². The highest BCUT2D eigenvalue weighted by Crippen LogP contribution is 2.43. The van der Waals surface area contributed by atoms with Crippen molar-refractivity contribution in [2.45, 2.75) is 0 Å². The fraction of sp³-hybridized carbons (Fsp3) is 0. The van der Waals surface area contributed by atoms with Gasteiger partial charge in [-0.15, -0.1) is 11.3 Å². The van der Waals surface area contributed by atoms with Crippen LogP contribution in [0.4, 0.5) is 0 Å². The summed E-state index contributed by atoms with van der Waals surface area (Å²) in [5.74, 6) is 0.658. The van der Waals surface area contributed by atoms with Crippen molar-refractivity contribution in [1.29, 1.82) is 0 Å². The van der Waals surface area contributed by atoms with Gasteiger partial charge in [0.15, 0.2) is 0 Å². The minimum atomic E-state index is 0.658. The number of thiophene rings is 1. The molecule has 4 heterocycles. The summed E-state index contributed by atoms with van der Waals surface area (Å²) in [6.45, 7) is 0. The molecule has 0 amide bonds. The maximum Gasteiger partial charge on any atom is 0.235 e. The lowest BCUT2D eigenvalue weighted by Gasteiger charge is -2.13. The first kappa shape index (κ1) is 32.0. The summed E-state index contributed by atoms with van der Waals surface area (Å²) in [6, 6.07) is 69.6. The predicted molar refractivity (Wildman–Crippen MR) is 240 cm³/mol. The number of aromatic nitrogens is 4. The van der Waals surface area contributed by atoms with Gasteiger partial charge in [-0.25, -0.2) is 9.97 Å². The number of rotatable bonds is 5. The molecule has 266 valence electrons. The third kappa shape index (κ3) is 4.93. The van der Waals surface area contributed by atoms with Gasteiger partial charge in [-0.1, -0.05) is 152 Å². The summed E-state index contributed by atoms with van der Waals surface area (Å²) in [5.41, 5.74) is 12.1.